The van der Waals surface area contributed by atoms with Crippen molar-refractivity contribution in [3.05, 3.63) is 88.5 Å². The number of amides is 1. The standard InChI is InChI=1S/C22H17N3O3S/c1-2-12-25-17-11-7-6-10-15(17)19(26)18(21(25)28)20(27)24-22-23-16(13-29-22)14-8-4-3-5-9-14/h2-11,13,26H,1,12H2,(H,23,24,27). The number of fused-ring (bicyclic) bond motifs is 1. The fourth-order valence-electron chi connectivity index (χ4n) is 3.14. The van der Waals surface area contributed by atoms with Gasteiger partial charge in [-0.15, -0.1) is 17.9 Å². The summed E-state index contributed by atoms with van der Waals surface area (Å²) in [4.78, 5) is 30.2. The van der Waals surface area contributed by atoms with Crippen LogP contribution in [0.1, 0.15) is 10.4 Å². The summed E-state index contributed by atoms with van der Waals surface area (Å²) >= 11 is 1.25. The number of thiazole rings is 1. The van der Waals surface area contributed by atoms with E-state index in [9.17, 15) is 14.7 Å². The van der Waals surface area contributed by atoms with Gasteiger partial charge in [0.2, 0.25) is 0 Å². The Balaban J connectivity index is 1.73. The molecule has 2 heterocycles. The number of nitrogens with zero attached hydrogens (tertiary/aromatic N) is 2. The van der Waals surface area contributed by atoms with Crippen LogP contribution in [-0.4, -0.2) is 20.6 Å². The summed E-state index contributed by atoms with van der Waals surface area (Å²) in [7, 11) is 0. The van der Waals surface area contributed by atoms with Gasteiger partial charge in [-0.2, -0.15) is 0 Å². The number of benzene rings is 2. The van der Waals surface area contributed by atoms with Gasteiger partial charge < -0.3 is 9.67 Å². The Hall–Kier alpha value is -3.71. The maximum absolute atomic E-state index is 12.9. The highest BCUT2D eigenvalue weighted by atomic mass is 32.1. The van der Waals surface area contributed by atoms with Crippen molar-refractivity contribution in [1.82, 2.24) is 9.55 Å². The first-order chi connectivity index (χ1) is 14.1. The number of rotatable bonds is 5. The molecule has 0 unspecified atom stereocenters. The molecule has 144 valence electrons. The zero-order chi connectivity index (χ0) is 20.4. The number of para-hydroxylation sites is 1. The van der Waals surface area contributed by atoms with Gasteiger partial charge in [0, 0.05) is 22.9 Å². The van der Waals surface area contributed by atoms with Crippen molar-refractivity contribution < 1.29 is 9.90 Å². The molecule has 6 nitrogen and oxygen atoms in total. The average Bonchev–Trinajstić information content (AvgIpc) is 3.20. The summed E-state index contributed by atoms with van der Waals surface area (Å²) < 4.78 is 1.41. The molecule has 4 rings (SSSR count). The molecule has 0 spiro atoms. The van der Waals surface area contributed by atoms with Crippen LogP contribution in [-0.2, 0) is 6.54 Å². The van der Waals surface area contributed by atoms with Gasteiger partial charge >= 0.3 is 0 Å². The summed E-state index contributed by atoms with van der Waals surface area (Å²) in [5.74, 6) is -1.05. The van der Waals surface area contributed by atoms with Crippen LogP contribution in [0, 0.1) is 0 Å². The largest absolute Gasteiger partial charge is 0.506 e. The number of allylic oxidation sites excluding steroid dienone is 1. The van der Waals surface area contributed by atoms with E-state index in [1.54, 1.807) is 30.3 Å². The van der Waals surface area contributed by atoms with Crippen molar-refractivity contribution >= 4 is 33.3 Å². The second-order valence-electron chi connectivity index (χ2n) is 6.30. The normalized spacial score (nSPS) is 10.8. The summed E-state index contributed by atoms with van der Waals surface area (Å²) in [5, 5.41) is 15.9. The number of carbonyl (C=O) groups excluding carboxylic acids is 1. The van der Waals surface area contributed by atoms with Gasteiger partial charge in [-0.3, -0.25) is 14.9 Å². The quantitative estimate of drug-likeness (QED) is 0.488. The summed E-state index contributed by atoms with van der Waals surface area (Å²) in [5.41, 5.74) is 1.27. The van der Waals surface area contributed by atoms with E-state index in [2.05, 4.69) is 16.9 Å². The van der Waals surface area contributed by atoms with E-state index in [0.29, 0.717) is 16.0 Å². The van der Waals surface area contributed by atoms with E-state index in [4.69, 9.17) is 0 Å². The van der Waals surface area contributed by atoms with Crippen LogP contribution < -0.4 is 10.9 Å². The van der Waals surface area contributed by atoms with E-state index in [1.807, 2.05) is 35.7 Å². The number of carbonyl (C=O) groups is 1. The second kappa shape index (κ2) is 7.73. The molecule has 7 heteroatoms. The fraction of sp³-hybridized carbons (Fsp3) is 0.0455. The predicted molar refractivity (Wildman–Crippen MR) is 116 cm³/mol. The highest BCUT2D eigenvalue weighted by Gasteiger charge is 2.22. The summed E-state index contributed by atoms with van der Waals surface area (Å²) in [6.45, 7) is 3.89. The number of anilines is 1. The van der Waals surface area contributed by atoms with Gasteiger partial charge in [0.05, 0.1) is 11.2 Å². The zero-order valence-corrected chi connectivity index (χ0v) is 16.1. The van der Waals surface area contributed by atoms with E-state index in [0.717, 1.165) is 11.3 Å². The van der Waals surface area contributed by atoms with Crippen LogP contribution >= 0.6 is 11.3 Å². The zero-order valence-electron chi connectivity index (χ0n) is 15.3. The van der Waals surface area contributed by atoms with Crippen molar-refractivity contribution in [2.24, 2.45) is 0 Å². The minimum Gasteiger partial charge on any atom is -0.506 e. The minimum atomic E-state index is -0.704. The Kier molecular flexibility index (Phi) is 4.97. The Labute approximate surface area is 170 Å². The molecule has 0 atom stereocenters. The smallest absolute Gasteiger partial charge is 0.268 e. The Morgan fingerprint density at radius 3 is 2.66 bits per heavy atom. The number of aromatic nitrogens is 2. The van der Waals surface area contributed by atoms with Crippen LogP contribution in [0.3, 0.4) is 0 Å². The van der Waals surface area contributed by atoms with Crippen molar-refractivity contribution in [3.63, 3.8) is 0 Å². The summed E-state index contributed by atoms with van der Waals surface area (Å²) in [6.07, 6.45) is 1.57. The van der Waals surface area contributed by atoms with Gasteiger partial charge in [-0.05, 0) is 12.1 Å². The number of hydrogen-bond acceptors (Lipinski definition) is 5. The number of hydrogen-bond donors (Lipinski definition) is 2. The molecule has 0 aliphatic rings. The first-order valence-corrected chi connectivity index (χ1v) is 9.76. The number of aromatic hydroxyl groups is 1. The first kappa shape index (κ1) is 18.6. The lowest BCUT2D eigenvalue weighted by atomic mass is 10.1. The van der Waals surface area contributed by atoms with Crippen molar-refractivity contribution in [1.29, 1.82) is 0 Å². The predicted octanol–water partition coefficient (Wildman–Crippen LogP) is 4.27. The van der Waals surface area contributed by atoms with Crippen LogP contribution in [0.2, 0.25) is 0 Å². The highest BCUT2D eigenvalue weighted by Crippen LogP contribution is 2.28. The molecule has 29 heavy (non-hydrogen) atoms. The van der Waals surface area contributed by atoms with E-state index < -0.39 is 11.5 Å². The fourth-order valence-corrected chi connectivity index (χ4v) is 3.85. The monoisotopic (exact) mass is 403 g/mol. The molecule has 0 bridgehead atoms. The summed E-state index contributed by atoms with van der Waals surface area (Å²) in [6, 6.07) is 16.4. The van der Waals surface area contributed by atoms with Crippen molar-refractivity contribution in [3.8, 4) is 17.0 Å². The maximum Gasteiger partial charge on any atom is 0.268 e. The van der Waals surface area contributed by atoms with Gasteiger partial charge in [0.1, 0.15) is 11.3 Å². The van der Waals surface area contributed by atoms with Crippen LogP contribution in [0.5, 0.6) is 5.75 Å². The Bertz CT molecular complexity index is 1280. The minimum absolute atomic E-state index is 0.218. The SMILES string of the molecule is C=CCn1c(=O)c(C(=O)Nc2nc(-c3ccccc3)cs2)c(O)c2ccccc21. The molecule has 0 fully saturated rings. The van der Waals surface area contributed by atoms with Crippen LogP contribution in [0.15, 0.2) is 77.4 Å². The topological polar surface area (TPSA) is 84.2 Å². The van der Waals surface area contributed by atoms with Gasteiger partial charge in [-0.25, -0.2) is 4.98 Å². The van der Waals surface area contributed by atoms with E-state index in [-0.39, 0.29) is 17.9 Å². The molecular formula is C22H17N3O3S. The Morgan fingerprint density at radius 1 is 1.17 bits per heavy atom. The molecule has 0 aliphatic carbocycles. The molecule has 0 saturated heterocycles. The second-order valence-corrected chi connectivity index (χ2v) is 7.16. The van der Waals surface area contributed by atoms with Gasteiger partial charge in [0.15, 0.2) is 5.13 Å². The average molecular weight is 403 g/mol. The molecule has 2 aromatic carbocycles. The third kappa shape index (κ3) is 3.43. The molecule has 0 saturated carbocycles. The third-order valence-corrected chi connectivity index (χ3v) is 5.24. The molecule has 2 aromatic heterocycles. The van der Waals surface area contributed by atoms with Gasteiger partial charge in [-0.1, -0.05) is 48.5 Å². The van der Waals surface area contributed by atoms with Crippen LogP contribution in [0.25, 0.3) is 22.2 Å². The van der Waals surface area contributed by atoms with E-state index >= 15 is 0 Å². The number of pyridine rings is 1. The lowest BCUT2D eigenvalue weighted by Gasteiger charge is -2.13. The maximum atomic E-state index is 12.9. The highest BCUT2D eigenvalue weighted by molar-refractivity contribution is 7.14. The van der Waals surface area contributed by atoms with Crippen molar-refractivity contribution in [2.75, 3.05) is 5.32 Å². The molecule has 1 amide bonds. The molecular weight excluding hydrogens is 386 g/mol. The number of nitrogens with one attached hydrogen (secondary N) is 1. The van der Waals surface area contributed by atoms with E-state index in [1.165, 1.54) is 15.9 Å². The van der Waals surface area contributed by atoms with Crippen LogP contribution in [0.4, 0.5) is 5.13 Å². The Morgan fingerprint density at radius 2 is 1.90 bits per heavy atom. The first-order valence-electron chi connectivity index (χ1n) is 8.88. The van der Waals surface area contributed by atoms with Gasteiger partial charge in [0.25, 0.3) is 11.5 Å². The lowest BCUT2D eigenvalue weighted by Crippen LogP contribution is -2.29. The molecule has 0 aliphatic heterocycles. The van der Waals surface area contributed by atoms with Crippen molar-refractivity contribution in [2.45, 2.75) is 6.54 Å². The molecule has 0 radical (unpaired) electrons. The lowest BCUT2D eigenvalue weighted by molar-refractivity contribution is 0.102. The molecule has 2 N–H and O–H groups in total. The third-order valence-electron chi connectivity index (χ3n) is 4.48. The molecule has 4 aromatic rings.